The van der Waals surface area contributed by atoms with Crippen molar-refractivity contribution >= 4 is 33.0 Å². The highest BCUT2D eigenvalue weighted by atomic mass is 35.5. The van der Waals surface area contributed by atoms with Gasteiger partial charge in [0.2, 0.25) is 0 Å². The topological polar surface area (TPSA) is 54.5 Å². The summed E-state index contributed by atoms with van der Waals surface area (Å²) in [4.78, 5) is 14.1. The van der Waals surface area contributed by atoms with Crippen LogP contribution >= 0.6 is 11.6 Å². The van der Waals surface area contributed by atoms with Gasteiger partial charge in [-0.3, -0.25) is 4.79 Å². The van der Waals surface area contributed by atoms with Gasteiger partial charge in [-0.1, -0.05) is 23.7 Å². The number of carbonyl (C=O) groups is 1. The van der Waals surface area contributed by atoms with Gasteiger partial charge in [-0.15, -0.1) is 0 Å². The van der Waals surface area contributed by atoms with Gasteiger partial charge in [0.15, 0.2) is 9.84 Å². The zero-order chi connectivity index (χ0) is 17.3. The maximum absolute atomic E-state index is 14.0. The van der Waals surface area contributed by atoms with E-state index in [0.29, 0.717) is 10.7 Å². The van der Waals surface area contributed by atoms with Crippen molar-refractivity contribution in [2.45, 2.75) is 6.04 Å². The minimum atomic E-state index is -3.38. The summed E-state index contributed by atoms with van der Waals surface area (Å²) < 4.78 is 37.5. The lowest BCUT2D eigenvalue weighted by atomic mass is 10.1. The molecule has 24 heavy (non-hydrogen) atoms. The van der Waals surface area contributed by atoms with Crippen molar-refractivity contribution in [3.63, 3.8) is 0 Å². The average molecular weight is 366 g/mol. The second kappa shape index (κ2) is 6.37. The SMILES string of the molecule is O=C(c1ccccc1F)N(c1ccc(Cl)cc1)[C@@H]1C=CS(=O)(=O)C1. The van der Waals surface area contributed by atoms with Crippen LogP contribution in [0.25, 0.3) is 0 Å². The fraction of sp³-hybridized carbons (Fsp3) is 0.118. The van der Waals surface area contributed by atoms with Crippen LogP contribution in [0.1, 0.15) is 10.4 Å². The second-order valence-electron chi connectivity index (χ2n) is 5.36. The highest BCUT2D eigenvalue weighted by molar-refractivity contribution is 7.94. The van der Waals surface area contributed by atoms with Crippen LogP contribution < -0.4 is 4.90 Å². The summed E-state index contributed by atoms with van der Waals surface area (Å²) in [5.74, 6) is -1.51. The van der Waals surface area contributed by atoms with Crippen LogP contribution in [0.15, 0.2) is 60.0 Å². The van der Waals surface area contributed by atoms with Crippen LogP contribution in [0.5, 0.6) is 0 Å². The van der Waals surface area contributed by atoms with Crippen molar-refractivity contribution in [2.75, 3.05) is 10.7 Å². The maximum Gasteiger partial charge on any atom is 0.261 e. The van der Waals surface area contributed by atoms with Crippen molar-refractivity contribution in [3.05, 3.63) is 76.4 Å². The van der Waals surface area contributed by atoms with E-state index in [-0.39, 0.29) is 11.3 Å². The van der Waals surface area contributed by atoms with Gasteiger partial charge in [0.25, 0.3) is 5.91 Å². The van der Waals surface area contributed by atoms with Crippen LogP contribution in [-0.2, 0) is 9.84 Å². The molecule has 0 N–H and O–H groups in total. The third kappa shape index (κ3) is 3.34. The van der Waals surface area contributed by atoms with E-state index in [4.69, 9.17) is 11.6 Å². The zero-order valence-electron chi connectivity index (χ0n) is 12.4. The van der Waals surface area contributed by atoms with Gasteiger partial charge < -0.3 is 4.90 Å². The quantitative estimate of drug-likeness (QED) is 0.837. The van der Waals surface area contributed by atoms with Crippen LogP contribution in [0.4, 0.5) is 10.1 Å². The first-order valence-electron chi connectivity index (χ1n) is 7.12. The van der Waals surface area contributed by atoms with E-state index >= 15 is 0 Å². The number of benzene rings is 2. The van der Waals surface area contributed by atoms with Crippen molar-refractivity contribution in [1.29, 1.82) is 0 Å². The molecule has 124 valence electrons. The van der Waals surface area contributed by atoms with Gasteiger partial charge >= 0.3 is 0 Å². The molecule has 1 amide bonds. The Hall–Kier alpha value is -2.18. The molecule has 3 rings (SSSR count). The smallest absolute Gasteiger partial charge is 0.261 e. The Morgan fingerprint density at radius 1 is 1.12 bits per heavy atom. The molecule has 0 aromatic heterocycles. The standard InChI is InChI=1S/C17H13ClFNO3S/c18-12-5-7-13(8-6-12)20(14-9-10-24(22,23)11-14)17(21)15-3-1-2-4-16(15)19/h1-10,14H,11H2/t14-/m1/s1. The van der Waals surface area contributed by atoms with Crippen LogP contribution in [0.3, 0.4) is 0 Å². The first kappa shape index (κ1) is 16.7. The van der Waals surface area contributed by atoms with Crippen LogP contribution in [0, 0.1) is 5.82 Å². The molecule has 1 aliphatic heterocycles. The monoisotopic (exact) mass is 365 g/mol. The summed E-state index contributed by atoms with van der Waals surface area (Å²) in [6.45, 7) is 0. The van der Waals surface area contributed by atoms with E-state index in [2.05, 4.69) is 0 Å². The minimum Gasteiger partial charge on any atom is -0.300 e. The van der Waals surface area contributed by atoms with Gasteiger partial charge in [-0.05, 0) is 42.5 Å². The van der Waals surface area contributed by atoms with Gasteiger partial charge in [0, 0.05) is 16.1 Å². The summed E-state index contributed by atoms with van der Waals surface area (Å²) in [6, 6.07) is 11.3. The maximum atomic E-state index is 14.0. The van der Waals surface area contributed by atoms with E-state index in [1.807, 2.05) is 0 Å². The van der Waals surface area contributed by atoms with Gasteiger partial charge in [-0.25, -0.2) is 12.8 Å². The molecule has 0 bridgehead atoms. The number of hydrogen-bond donors (Lipinski definition) is 0. The largest absolute Gasteiger partial charge is 0.300 e. The Bertz CT molecular complexity index is 910. The molecule has 1 heterocycles. The predicted octanol–water partition coefficient (Wildman–Crippen LogP) is 3.44. The second-order valence-corrected chi connectivity index (χ2v) is 7.72. The normalized spacial score (nSPS) is 18.5. The molecule has 0 aliphatic carbocycles. The zero-order valence-corrected chi connectivity index (χ0v) is 14.0. The predicted molar refractivity (Wildman–Crippen MR) is 91.4 cm³/mol. The summed E-state index contributed by atoms with van der Waals surface area (Å²) in [7, 11) is -3.38. The summed E-state index contributed by atoms with van der Waals surface area (Å²) >= 11 is 5.87. The van der Waals surface area contributed by atoms with Crippen molar-refractivity contribution in [3.8, 4) is 0 Å². The minimum absolute atomic E-state index is 0.120. The Kier molecular flexibility index (Phi) is 4.43. The molecular weight excluding hydrogens is 353 g/mol. The molecule has 7 heteroatoms. The van der Waals surface area contributed by atoms with E-state index in [0.717, 1.165) is 5.41 Å². The molecule has 0 spiro atoms. The van der Waals surface area contributed by atoms with Crippen LogP contribution in [0.2, 0.25) is 5.02 Å². The first-order valence-corrected chi connectivity index (χ1v) is 9.21. The van der Waals surface area contributed by atoms with E-state index < -0.39 is 27.6 Å². The number of rotatable bonds is 3. The lowest BCUT2D eigenvalue weighted by Gasteiger charge is -2.28. The van der Waals surface area contributed by atoms with E-state index in [9.17, 15) is 17.6 Å². The van der Waals surface area contributed by atoms with Crippen molar-refractivity contribution < 1.29 is 17.6 Å². The number of amides is 1. The number of carbonyl (C=O) groups excluding carboxylic acids is 1. The van der Waals surface area contributed by atoms with Gasteiger partial charge in [0.05, 0.1) is 17.4 Å². The van der Waals surface area contributed by atoms with E-state index in [1.165, 1.54) is 29.2 Å². The molecule has 4 nitrogen and oxygen atoms in total. The lowest BCUT2D eigenvalue weighted by molar-refractivity contribution is 0.0979. The Labute approximate surface area is 144 Å². The average Bonchev–Trinajstić information content (AvgIpc) is 2.89. The Morgan fingerprint density at radius 2 is 1.79 bits per heavy atom. The molecule has 2 aromatic carbocycles. The third-order valence-corrected chi connectivity index (χ3v) is 5.30. The molecule has 0 saturated heterocycles. The summed E-state index contributed by atoms with van der Waals surface area (Å²) in [5.41, 5.74) is 0.324. The van der Waals surface area contributed by atoms with E-state index in [1.54, 1.807) is 30.3 Å². The Balaban J connectivity index is 2.05. The lowest BCUT2D eigenvalue weighted by Crippen LogP contribution is -2.41. The highest BCUT2D eigenvalue weighted by Crippen LogP contribution is 2.27. The fourth-order valence-corrected chi connectivity index (χ4v) is 3.94. The van der Waals surface area contributed by atoms with Gasteiger partial charge in [0.1, 0.15) is 5.82 Å². The molecule has 1 aliphatic rings. The molecule has 0 saturated carbocycles. The first-order chi connectivity index (χ1) is 11.4. The number of anilines is 1. The highest BCUT2D eigenvalue weighted by Gasteiger charge is 2.32. The summed E-state index contributed by atoms with van der Waals surface area (Å²) in [6.07, 6.45) is 1.43. The molecular formula is C17H13ClFNO3S. The number of sulfone groups is 1. The molecule has 0 unspecified atom stereocenters. The van der Waals surface area contributed by atoms with Crippen LogP contribution in [-0.4, -0.2) is 26.1 Å². The fourth-order valence-electron chi connectivity index (χ4n) is 2.55. The Morgan fingerprint density at radius 3 is 2.38 bits per heavy atom. The van der Waals surface area contributed by atoms with Crippen molar-refractivity contribution in [2.24, 2.45) is 0 Å². The molecule has 0 radical (unpaired) electrons. The number of hydrogen-bond acceptors (Lipinski definition) is 3. The number of halogens is 2. The third-order valence-electron chi connectivity index (χ3n) is 3.67. The molecule has 0 fully saturated rings. The molecule has 2 aromatic rings. The summed E-state index contributed by atoms with van der Waals surface area (Å²) in [5, 5.41) is 1.56. The van der Waals surface area contributed by atoms with Gasteiger partial charge in [-0.2, -0.15) is 0 Å². The number of nitrogens with zero attached hydrogens (tertiary/aromatic N) is 1. The molecule has 1 atom stereocenters. The van der Waals surface area contributed by atoms with Crippen molar-refractivity contribution in [1.82, 2.24) is 0 Å².